The van der Waals surface area contributed by atoms with Crippen LogP contribution in [0.15, 0.2) is 18.3 Å². The van der Waals surface area contributed by atoms with Gasteiger partial charge in [-0.1, -0.05) is 6.92 Å². The molecule has 3 heterocycles. The van der Waals surface area contributed by atoms with Gasteiger partial charge < -0.3 is 25.3 Å². The molecule has 2 saturated heterocycles. The maximum Gasteiger partial charge on any atom is 0.315 e. The number of rotatable bonds is 7. The Balaban J connectivity index is 1.40. The fourth-order valence-electron chi connectivity index (χ4n) is 3.96. The number of piperazine rings is 2. The highest BCUT2D eigenvalue weighted by atomic mass is 16.2. The summed E-state index contributed by atoms with van der Waals surface area (Å²) >= 11 is 0. The first-order valence-electron chi connectivity index (χ1n) is 10.9. The normalized spacial score (nSPS) is 20.4. The van der Waals surface area contributed by atoms with Crippen LogP contribution in [-0.4, -0.2) is 104 Å². The number of anilines is 1. The molecule has 29 heavy (non-hydrogen) atoms. The molecule has 1 aromatic heterocycles. The van der Waals surface area contributed by atoms with Gasteiger partial charge in [-0.15, -0.1) is 0 Å². The Hall–Kier alpha value is -1.90. The van der Waals surface area contributed by atoms with Gasteiger partial charge in [-0.3, -0.25) is 4.90 Å². The van der Waals surface area contributed by atoms with E-state index in [9.17, 15) is 4.79 Å². The SMILES string of the molecule is CCN1CCN(c2cc(CNC(=O)NC(C)CN3CCN(C)CC3)ccn2)CC1. The van der Waals surface area contributed by atoms with E-state index in [0.29, 0.717) is 6.54 Å². The van der Waals surface area contributed by atoms with Gasteiger partial charge in [-0.2, -0.15) is 0 Å². The molecule has 0 aliphatic carbocycles. The standard InChI is InChI=1S/C21H37N7O/c1-4-26-11-13-28(14-12-26)20-15-19(5-6-22-20)16-23-21(29)24-18(2)17-27-9-7-25(3)8-10-27/h5-6,15,18H,4,7-14,16-17H2,1-3H3,(H2,23,24,29). The van der Waals surface area contributed by atoms with Crippen molar-refractivity contribution in [2.24, 2.45) is 0 Å². The number of aromatic nitrogens is 1. The molecular formula is C21H37N7O. The maximum absolute atomic E-state index is 12.3. The summed E-state index contributed by atoms with van der Waals surface area (Å²) in [6.07, 6.45) is 1.84. The summed E-state index contributed by atoms with van der Waals surface area (Å²) in [6, 6.07) is 4.08. The fraction of sp³-hybridized carbons (Fsp3) is 0.714. The van der Waals surface area contributed by atoms with E-state index in [1.54, 1.807) is 0 Å². The molecule has 0 bridgehead atoms. The number of carbonyl (C=O) groups excluding carboxylic acids is 1. The molecule has 1 atom stereocenters. The van der Waals surface area contributed by atoms with Crippen molar-refractivity contribution in [1.29, 1.82) is 0 Å². The monoisotopic (exact) mass is 403 g/mol. The van der Waals surface area contributed by atoms with Crippen LogP contribution in [0.5, 0.6) is 0 Å². The van der Waals surface area contributed by atoms with Crippen molar-refractivity contribution in [3.8, 4) is 0 Å². The number of amides is 2. The summed E-state index contributed by atoms with van der Waals surface area (Å²) in [6.45, 7) is 15.3. The highest BCUT2D eigenvalue weighted by Gasteiger charge is 2.18. The van der Waals surface area contributed by atoms with Crippen LogP contribution < -0.4 is 15.5 Å². The molecule has 2 aliphatic heterocycles. The lowest BCUT2D eigenvalue weighted by molar-refractivity contribution is 0.144. The van der Waals surface area contributed by atoms with Crippen molar-refractivity contribution < 1.29 is 4.79 Å². The van der Waals surface area contributed by atoms with Gasteiger partial charge in [-0.25, -0.2) is 9.78 Å². The van der Waals surface area contributed by atoms with Crippen LogP contribution in [0.1, 0.15) is 19.4 Å². The summed E-state index contributed by atoms with van der Waals surface area (Å²) < 4.78 is 0. The largest absolute Gasteiger partial charge is 0.354 e. The van der Waals surface area contributed by atoms with Crippen LogP contribution >= 0.6 is 0 Å². The molecule has 162 valence electrons. The molecule has 1 aromatic rings. The van der Waals surface area contributed by atoms with Gasteiger partial charge in [0, 0.05) is 77.7 Å². The topological polar surface area (TPSA) is 67.0 Å². The average molecular weight is 404 g/mol. The van der Waals surface area contributed by atoms with Gasteiger partial charge in [0.2, 0.25) is 0 Å². The molecule has 2 N–H and O–H groups in total. The molecule has 3 rings (SSSR count). The minimum atomic E-state index is -0.110. The molecule has 2 aliphatic rings. The molecule has 1 unspecified atom stereocenters. The zero-order valence-electron chi connectivity index (χ0n) is 18.2. The number of pyridine rings is 1. The van der Waals surface area contributed by atoms with Crippen molar-refractivity contribution in [3.63, 3.8) is 0 Å². The van der Waals surface area contributed by atoms with Crippen LogP contribution in [0.25, 0.3) is 0 Å². The van der Waals surface area contributed by atoms with E-state index in [2.05, 4.69) is 62.2 Å². The number of urea groups is 1. The second kappa shape index (κ2) is 10.8. The van der Waals surface area contributed by atoms with Crippen LogP contribution in [0.4, 0.5) is 10.6 Å². The van der Waals surface area contributed by atoms with Crippen molar-refractivity contribution in [2.75, 3.05) is 77.4 Å². The van der Waals surface area contributed by atoms with Crippen LogP contribution in [0.3, 0.4) is 0 Å². The average Bonchev–Trinajstić information content (AvgIpc) is 2.74. The molecule has 0 radical (unpaired) electrons. The Labute approximate surface area is 175 Å². The van der Waals surface area contributed by atoms with Crippen LogP contribution in [0.2, 0.25) is 0 Å². The first-order valence-corrected chi connectivity index (χ1v) is 10.9. The van der Waals surface area contributed by atoms with Gasteiger partial charge in [0.05, 0.1) is 0 Å². The molecule has 8 nitrogen and oxygen atoms in total. The summed E-state index contributed by atoms with van der Waals surface area (Å²) in [5.74, 6) is 1.00. The Kier molecular flexibility index (Phi) is 8.09. The number of likely N-dealkylation sites (N-methyl/N-ethyl adjacent to an activating group) is 2. The zero-order valence-corrected chi connectivity index (χ0v) is 18.2. The predicted molar refractivity (Wildman–Crippen MR) is 117 cm³/mol. The van der Waals surface area contributed by atoms with E-state index in [4.69, 9.17) is 0 Å². The Bertz CT molecular complexity index is 640. The third-order valence-corrected chi connectivity index (χ3v) is 5.91. The van der Waals surface area contributed by atoms with Gasteiger partial charge >= 0.3 is 6.03 Å². The third-order valence-electron chi connectivity index (χ3n) is 5.91. The van der Waals surface area contributed by atoms with Crippen molar-refractivity contribution in [2.45, 2.75) is 26.4 Å². The van der Waals surface area contributed by atoms with Crippen LogP contribution in [0, 0.1) is 0 Å². The second-order valence-electron chi connectivity index (χ2n) is 8.28. The first-order chi connectivity index (χ1) is 14.0. The summed E-state index contributed by atoms with van der Waals surface area (Å²) in [5, 5.41) is 6.05. The number of nitrogens with one attached hydrogen (secondary N) is 2. The lowest BCUT2D eigenvalue weighted by atomic mass is 10.2. The summed E-state index contributed by atoms with van der Waals surface area (Å²) in [7, 11) is 2.15. The number of nitrogens with zero attached hydrogens (tertiary/aromatic N) is 5. The molecule has 8 heteroatoms. The van der Waals surface area contributed by atoms with Crippen LogP contribution in [-0.2, 0) is 6.54 Å². The van der Waals surface area contributed by atoms with Crippen molar-refractivity contribution in [3.05, 3.63) is 23.9 Å². The van der Waals surface area contributed by atoms with E-state index >= 15 is 0 Å². The van der Waals surface area contributed by atoms with Crippen molar-refractivity contribution >= 4 is 11.8 Å². The van der Waals surface area contributed by atoms with E-state index in [-0.39, 0.29) is 12.1 Å². The van der Waals surface area contributed by atoms with E-state index in [1.807, 2.05) is 12.3 Å². The Morgan fingerprint density at radius 1 is 1.10 bits per heavy atom. The zero-order chi connectivity index (χ0) is 20.6. The smallest absolute Gasteiger partial charge is 0.315 e. The van der Waals surface area contributed by atoms with Gasteiger partial charge in [-0.05, 0) is 38.2 Å². The molecule has 0 saturated carbocycles. The highest BCUT2D eigenvalue weighted by Crippen LogP contribution is 2.15. The molecule has 0 spiro atoms. The number of carbonyl (C=O) groups is 1. The van der Waals surface area contributed by atoms with Gasteiger partial charge in [0.25, 0.3) is 0 Å². The lowest BCUT2D eigenvalue weighted by Gasteiger charge is -2.34. The van der Waals surface area contributed by atoms with E-state index in [0.717, 1.165) is 76.8 Å². The molecule has 0 aromatic carbocycles. The minimum absolute atomic E-state index is 0.110. The number of hydrogen-bond acceptors (Lipinski definition) is 6. The lowest BCUT2D eigenvalue weighted by Crippen LogP contribution is -2.51. The number of hydrogen-bond donors (Lipinski definition) is 2. The highest BCUT2D eigenvalue weighted by molar-refractivity contribution is 5.74. The molecule has 2 amide bonds. The summed E-state index contributed by atoms with van der Waals surface area (Å²) in [5.41, 5.74) is 1.08. The Morgan fingerprint density at radius 2 is 1.79 bits per heavy atom. The fourth-order valence-corrected chi connectivity index (χ4v) is 3.96. The van der Waals surface area contributed by atoms with Gasteiger partial charge in [0.15, 0.2) is 0 Å². The van der Waals surface area contributed by atoms with Gasteiger partial charge in [0.1, 0.15) is 5.82 Å². The Morgan fingerprint density at radius 3 is 2.48 bits per heavy atom. The third kappa shape index (κ3) is 6.83. The minimum Gasteiger partial charge on any atom is -0.354 e. The summed E-state index contributed by atoms with van der Waals surface area (Å²) in [4.78, 5) is 26.4. The second-order valence-corrected chi connectivity index (χ2v) is 8.28. The predicted octanol–water partition coefficient (Wildman–Crippen LogP) is 0.659. The van der Waals surface area contributed by atoms with Crippen molar-refractivity contribution in [1.82, 2.24) is 30.3 Å². The quantitative estimate of drug-likeness (QED) is 0.697. The van der Waals surface area contributed by atoms with E-state index in [1.165, 1.54) is 0 Å². The molecular weight excluding hydrogens is 366 g/mol. The first kappa shape index (κ1) is 21.8. The molecule has 2 fully saturated rings. The van der Waals surface area contributed by atoms with E-state index < -0.39 is 0 Å². The maximum atomic E-state index is 12.3.